The third kappa shape index (κ3) is 3.15. The molecule has 0 saturated carbocycles. The Balaban J connectivity index is 1.63. The molecule has 114 valence electrons. The van der Waals surface area contributed by atoms with Gasteiger partial charge in [0.15, 0.2) is 0 Å². The lowest BCUT2D eigenvalue weighted by Gasteiger charge is -2.36. The Morgan fingerprint density at radius 1 is 1.00 bits per heavy atom. The standard InChI is InChI=1S/C15H27N3O2/c19-15(17-9-6-16-7-10-17)14-4-1-8-18(14)13-3-2-11-20-12-5-13/h13-14,16H,1-12H2. The van der Waals surface area contributed by atoms with Gasteiger partial charge in [-0.3, -0.25) is 9.69 Å². The van der Waals surface area contributed by atoms with E-state index in [9.17, 15) is 4.79 Å². The highest BCUT2D eigenvalue weighted by Gasteiger charge is 2.37. The first-order chi connectivity index (χ1) is 9.86. The average Bonchev–Trinajstić information content (AvgIpc) is 2.83. The summed E-state index contributed by atoms with van der Waals surface area (Å²) in [6, 6.07) is 0.688. The van der Waals surface area contributed by atoms with Crippen LogP contribution in [-0.2, 0) is 9.53 Å². The van der Waals surface area contributed by atoms with Gasteiger partial charge in [0, 0.05) is 45.4 Å². The highest BCUT2D eigenvalue weighted by atomic mass is 16.5. The summed E-state index contributed by atoms with van der Waals surface area (Å²) >= 11 is 0. The predicted octanol–water partition coefficient (Wildman–Crippen LogP) is 0.452. The molecule has 3 saturated heterocycles. The monoisotopic (exact) mass is 281 g/mol. The molecule has 0 aromatic heterocycles. The molecule has 5 heteroatoms. The molecule has 0 bridgehead atoms. The predicted molar refractivity (Wildman–Crippen MR) is 77.6 cm³/mol. The molecule has 3 heterocycles. The summed E-state index contributed by atoms with van der Waals surface area (Å²) in [6.07, 6.45) is 5.62. The van der Waals surface area contributed by atoms with Gasteiger partial charge in [0.2, 0.25) is 5.91 Å². The van der Waals surface area contributed by atoms with Crippen LogP contribution in [0.1, 0.15) is 32.1 Å². The van der Waals surface area contributed by atoms with E-state index in [0.717, 1.165) is 65.2 Å². The molecule has 2 unspecified atom stereocenters. The molecule has 3 fully saturated rings. The first-order valence-electron chi connectivity index (χ1n) is 8.19. The molecule has 5 nitrogen and oxygen atoms in total. The first kappa shape index (κ1) is 14.3. The van der Waals surface area contributed by atoms with Crippen LogP contribution in [0, 0.1) is 0 Å². The number of ether oxygens (including phenoxy) is 1. The minimum Gasteiger partial charge on any atom is -0.381 e. The highest BCUT2D eigenvalue weighted by molar-refractivity contribution is 5.82. The quantitative estimate of drug-likeness (QED) is 0.798. The zero-order valence-electron chi connectivity index (χ0n) is 12.4. The van der Waals surface area contributed by atoms with E-state index in [1.165, 1.54) is 12.8 Å². The van der Waals surface area contributed by atoms with Gasteiger partial charge in [-0.2, -0.15) is 0 Å². The number of hydrogen-bond donors (Lipinski definition) is 1. The number of carbonyl (C=O) groups excluding carboxylic acids is 1. The fourth-order valence-corrected chi connectivity index (χ4v) is 3.81. The van der Waals surface area contributed by atoms with E-state index >= 15 is 0 Å². The molecule has 1 amide bonds. The molecule has 3 rings (SSSR count). The van der Waals surface area contributed by atoms with E-state index in [-0.39, 0.29) is 6.04 Å². The van der Waals surface area contributed by atoms with E-state index < -0.39 is 0 Å². The molecule has 0 aromatic carbocycles. The maximum Gasteiger partial charge on any atom is 0.240 e. The van der Waals surface area contributed by atoms with Crippen molar-refractivity contribution < 1.29 is 9.53 Å². The second kappa shape index (κ2) is 6.87. The van der Waals surface area contributed by atoms with Crippen LogP contribution in [0.2, 0.25) is 0 Å². The van der Waals surface area contributed by atoms with Crippen LogP contribution in [0.5, 0.6) is 0 Å². The summed E-state index contributed by atoms with van der Waals surface area (Å²) in [4.78, 5) is 17.3. The average molecular weight is 281 g/mol. The maximum atomic E-state index is 12.8. The maximum absolute atomic E-state index is 12.8. The molecular formula is C15H27N3O2. The number of nitrogens with zero attached hydrogens (tertiary/aromatic N) is 2. The van der Waals surface area contributed by atoms with Gasteiger partial charge in [0.25, 0.3) is 0 Å². The van der Waals surface area contributed by atoms with Crippen molar-refractivity contribution in [3.63, 3.8) is 0 Å². The number of carbonyl (C=O) groups is 1. The Kier molecular flexibility index (Phi) is 4.91. The number of piperazine rings is 1. The van der Waals surface area contributed by atoms with Crippen molar-refractivity contribution in [1.82, 2.24) is 15.1 Å². The van der Waals surface area contributed by atoms with Crippen molar-refractivity contribution in [2.75, 3.05) is 45.9 Å². The van der Waals surface area contributed by atoms with Crippen molar-refractivity contribution >= 4 is 5.91 Å². The van der Waals surface area contributed by atoms with E-state index in [2.05, 4.69) is 15.1 Å². The fraction of sp³-hybridized carbons (Fsp3) is 0.933. The van der Waals surface area contributed by atoms with Crippen LogP contribution in [0.4, 0.5) is 0 Å². The van der Waals surface area contributed by atoms with Gasteiger partial charge in [-0.15, -0.1) is 0 Å². The van der Waals surface area contributed by atoms with Crippen molar-refractivity contribution in [1.29, 1.82) is 0 Å². The van der Waals surface area contributed by atoms with Crippen molar-refractivity contribution in [3.8, 4) is 0 Å². The summed E-state index contributed by atoms with van der Waals surface area (Å²) in [7, 11) is 0. The van der Waals surface area contributed by atoms with Gasteiger partial charge in [0.1, 0.15) is 0 Å². The first-order valence-corrected chi connectivity index (χ1v) is 8.19. The number of rotatable bonds is 2. The van der Waals surface area contributed by atoms with Gasteiger partial charge in [-0.05, 0) is 38.6 Å². The van der Waals surface area contributed by atoms with Gasteiger partial charge in [-0.25, -0.2) is 0 Å². The van der Waals surface area contributed by atoms with Crippen LogP contribution in [-0.4, -0.2) is 73.7 Å². The number of likely N-dealkylation sites (tertiary alicyclic amines) is 1. The molecule has 1 N–H and O–H groups in total. The lowest BCUT2D eigenvalue weighted by molar-refractivity contribution is -0.137. The van der Waals surface area contributed by atoms with Crippen molar-refractivity contribution in [2.24, 2.45) is 0 Å². The summed E-state index contributed by atoms with van der Waals surface area (Å²) in [5.41, 5.74) is 0. The minimum absolute atomic E-state index is 0.135. The largest absolute Gasteiger partial charge is 0.381 e. The Morgan fingerprint density at radius 3 is 2.70 bits per heavy atom. The van der Waals surface area contributed by atoms with Gasteiger partial charge < -0.3 is 15.0 Å². The Hall–Kier alpha value is -0.650. The SMILES string of the molecule is O=C(C1CCCN1C1CCCOCC1)N1CCNCC1. The third-order valence-corrected chi connectivity index (χ3v) is 4.90. The minimum atomic E-state index is 0.135. The number of nitrogens with one attached hydrogen (secondary N) is 1. The molecule has 0 aliphatic carbocycles. The summed E-state index contributed by atoms with van der Waals surface area (Å²) in [6.45, 7) is 6.46. The van der Waals surface area contributed by atoms with Crippen LogP contribution in [0.25, 0.3) is 0 Å². The molecule has 3 aliphatic rings. The second-order valence-corrected chi connectivity index (χ2v) is 6.17. The molecule has 2 atom stereocenters. The zero-order valence-corrected chi connectivity index (χ0v) is 12.4. The third-order valence-electron chi connectivity index (χ3n) is 4.90. The fourth-order valence-electron chi connectivity index (χ4n) is 3.81. The van der Waals surface area contributed by atoms with Gasteiger partial charge in [-0.1, -0.05) is 0 Å². The molecule has 3 aliphatic heterocycles. The zero-order chi connectivity index (χ0) is 13.8. The normalized spacial score (nSPS) is 33.1. The van der Waals surface area contributed by atoms with Crippen LogP contribution >= 0.6 is 0 Å². The van der Waals surface area contributed by atoms with E-state index in [1.807, 2.05) is 0 Å². The molecular weight excluding hydrogens is 254 g/mol. The molecule has 0 aromatic rings. The van der Waals surface area contributed by atoms with Crippen LogP contribution in [0.3, 0.4) is 0 Å². The number of amides is 1. The smallest absolute Gasteiger partial charge is 0.240 e. The lowest BCUT2D eigenvalue weighted by Crippen LogP contribution is -2.54. The summed E-state index contributed by atoms with van der Waals surface area (Å²) < 4.78 is 5.57. The highest BCUT2D eigenvalue weighted by Crippen LogP contribution is 2.26. The Morgan fingerprint density at radius 2 is 1.85 bits per heavy atom. The van der Waals surface area contributed by atoms with E-state index in [1.54, 1.807) is 0 Å². The van der Waals surface area contributed by atoms with Gasteiger partial charge in [0.05, 0.1) is 6.04 Å². The van der Waals surface area contributed by atoms with E-state index in [0.29, 0.717) is 11.9 Å². The topological polar surface area (TPSA) is 44.8 Å². The second-order valence-electron chi connectivity index (χ2n) is 6.17. The Bertz CT molecular complexity index is 323. The number of hydrogen-bond acceptors (Lipinski definition) is 4. The summed E-state index contributed by atoms with van der Waals surface area (Å²) in [5.74, 6) is 0.370. The van der Waals surface area contributed by atoms with Gasteiger partial charge >= 0.3 is 0 Å². The van der Waals surface area contributed by atoms with Crippen LogP contribution in [0.15, 0.2) is 0 Å². The summed E-state index contributed by atoms with van der Waals surface area (Å²) in [5, 5.41) is 3.32. The molecule has 0 radical (unpaired) electrons. The lowest BCUT2D eigenvalue weighted by atomic mass is 10.1. The molecule has 0 spiro atoms. The molecule has 20 heavy (non-hydrogen) atoms. The van der Waals surface area contributed by atoms with Crippen molar-refractivity contribution in [3.05, 3.63) is 0 Å². The van der Waals surface area contributed by atoms with Crippen molar-refractivity contribution in [2.45, 2.75) is 44.2 Å². The Labute approximate surface area is 121 Å². The van der Waals surface area contributed by atoms with Crippen LogP contribution < -0.4 is 5.32 Å². The van der Waals surface area contributed by atoms with E-state index in [4.69, 9.17) is 4.74 Å².